The van der Waals surface area contributed by atoms with E-state index in [2.05, 4.69) is 13.8 Å². The predicted octanol–water partition coefficient (Wildman–Crippen LogP) is 5.95. The molecule has 2 aliphatic rings. The molecule has 2 aliphatic carbocycles. The Balaban J connectivity index is 1.54. The molecule has 3 atom stereocenters. The number of carbonyl (C=O) groups excluding carboxylic acids is 2. The smallest absolute Gasteiger partial charge is 0.343 e. The Hall–Kier alpha value is -3.73. The van der Waals surface area contributed by atoms with E-state index in [1.165, 1.54) is 6.92 Å². The van der Waals surface area contributed by atoms with Crippen molar-refractivity contribution in [2.75, 3.05) is 5.75 Å². The van der Waals surface area contributed by atoms with Crippen molar-refractivity contribution in [2.24, 2.45) is 16.7 Å². The fourth-order valence-electron chi connectivity index (χ4n) is 8.05. The number of esters is 1. The van der Waals surface area contributed by atoms with Crippen molar-refractivity contribution in [2.45, 2.75) is 51.0 Å². The van der Waals surface area contributed by atoms with Crippen molar-refractivity contribution in [3.05, 3.63) is 121 Å². The average Bonchev–Trinajstić information content (AvgIpc) is 3.40. The molecule has 4 aromatic rings. The Kier molecular flexibility index (Phi) is 8.26. The number of carbonyl (C=O) groups is 2. The highest BCUT2D eigenvalue weighted by Crippen LogP contribution is 2.67. The van der Waals surface area contributed by atoms with Crippen molar-refractivity contribution in [3.8, 4) is 0 Å². The van der Waals surface area contributed by atoms with Crippen LogP contribution in [0.15, 0.2) is 126 Å². The Bertz CT molecular complexity index is 1770. The third-order valence-electron chi connectivity index (χ3n) is 10.4. The second-order valence-corrected chi connectivity index (χ2v) is 18.2. The number of fused-ring (bicyclic) bond motifs is 2. The van der Waals surface area contributed by atoms with Gasteiger partial charge in [0, 0.05) is 5.41 Å². The molecule has 2 saturated carbocycles. The van der Waals surface area contributed by atoms with Crippen LogP contribution in [0.4, 0.5) is 0 Å². The molecule has 2 fully saturated rings. The highest BCUT2D eigenvalue weighted by molar-refractivity contribution is 7.97. The molecular weight excluding hydrogens is 599 g/mol. The molecule has 0 spiro atoms. The van der Waals surface area contributed by atoms with Crippen molar-refractivity contribution in [1.29, 1.82) is 0 Å². The average molecular weight is 639 g/mol. The molecule has 0 heterocycles. The van der Waals surface area contributed by atoms with E-state index in [1.807, 2.05) is 91.0 Å². The third kappa shape index (κ3) is 5.13. The van der Waals surface area contributed by atoms with E-state index in [-0.39, 0.29) is 33.1 Å². The van der Waals surface area contributed by atoms with E-state index in [0.717, 1.165) is 22.3 Å². The zero-order chi connectivity index (χ0) is 31.9. The fraction of sp³-hybridized carbons (Fsp3) is 0.289. The summed E-state index contributed by atoms with van der Waals surface area (Å²) in [5.74, 6) is -0.911. The Morgan fingerprint density at radius 2 is 1.20 bits per heavy atom. The van der Waals surface area contributed by atoms with E-state index >= 15 is 0 Å². The molecule has 0 radical (unpaired) electrons. The summed E-state index contributed by atoms with van der Waals surface area (Å²) >= 11 is 0. The Morgan fingerprint density at radius 3 is 1.62 bits per heavy atom. The molecule has 6 rings (SSSR count). The summed E-state index contributed by atoms with van der Waals surface area (Å²) in [6.07, 6.45) is 1.45. The molecule has 0 aliphatic heterocycles. The van der Waals surface area contributed by atoms with E-state index < -0.39 is 34.2 Å². The maximum Gasteiger partial charge on any atom is 0.343 e. The standard InChI is InChI=1S/C38H39O5PS/c1-28(39)35(44(30-16-8-4-9-17-30,31-18-10-5-11-19-31)32-20-12-6-13-21-32)36(40)43-34-26-29-24-25-38(34,37(29,2)3)27-45(41,42)33-22-14-7-15-23-33/h4-23,29,34H,24-27H2,1-3H3. The van der Waals surface area contributed by atoms with Crippen molar-refractivity contribution >= 4 is 49.7 Å². The number of sulfone groups is 1. The number of hydrogen-bond donors (Lipinski definition) is 0. The van der Waals surface area contributed by atoms with Gasteiger partial charge >= 0.3 is 5.97 Å². The Morgan fingerprint density at radius 1 is 0.756 bits per heavy atom. The van der Waals surface area contributed by atoms with Gasteiger partial charge in [-0.1, -0.05) is 123 Å². The monoisotopic (exact) mass is 638 g/mol. The molecule has 7 heteroatoms. The van der Waals surface area contributed by atoms with Crippen molar-refractivity contribution in [1.82, 2.24) is 0 Å². The topological polar surface area (TPSA) is 77.5 Å². The summed E-state index contributed by atoms with van der Waals surface area (Å²) in [7, 11) is -3.68. The number of ether oxygens (including phenoxy) is 1. The lowest BCUT2D eigenvalue weighted by Gasteiger charge is -2.42. The van der Waals surface area contributed by atoms with Crippen LogP contribution in [0, 0.1) is 16.7 Å². The number of benzene rings is 4. The molecule has 45 heavy (non-hydrogen) atoms. The first-order chi connectivity index (χ1) is 21.5. The number of Topliss-reactive ketones (excluding diaryl/α,β-unsaturated/α-hetero) is 1. The van der Waals surface area contributed by atoms with Gasteiger partial charge in [-0.05, 0) is 72.5 Å². The zero-order valence-electron chi connectivity index (χ0n) is 25.9. The first-order valence-corrected chi connectivity index (χ1v) is 18.9. The number of ketones is 1. The highest BCUT2D eigenvalue weighted by atomic mass is 32.2. The van der Waals surface area contributed by atoms with Gasteiger partial charge in [-0.25, -0.2) is 13.2 Å². The normalized spacial score (nSPS) is 22.1. The first kappa shape index (κ1) is 31.3. The van der Waals surface area contributed by atoms with E-state index in [1.54, 1.807) is 30.3 Å². The molecule has 2 bridgehead atoms. The van der Waals surface area contributed by atoms with Crippen LogP contribution in [0.2, 0.25) is 0 Å². The third-order valence-corrected chi connectivity index (χ3v) is 16.7. The van der Waals surface area contributed by atoms with Crippen molar-refractivity contribution < 1.29 is 22.7 Å². The molecule has 0 aromatic heterocycles. The highest BCUT2D eigenvalue weighted by Gasteiger charge is 2.67. The van der Waals surface area contributed by atoms with Gasteiger partial charge in [0.05, 0.1) is 10.6 Å². The fourth-order valence-corrected chi connectivity index (χ4v) is 14.5. The quantitative estimate of drug-likeness (QED) is 0.129. The minimum Gasteiger partial charge on any atom is -0.458 e. The van der Waals surface area contributed by atoms with Gasteiger partial charge < -0.3 is 4.74 Å². The summed E-state index contributed by atoms with van der Waals surface area (Å²) < 4.78 is 34.2. The molecule has 5 nitrogen and oxygen atoms in total. The molecule has 4 aromatic carbocycles. The molecule has 0 saturated heterocycles. The van der Waals surface area contributed by atoms with Crippen molar-refractivity contribution in [3.63, 3.8) is 0 Å². The molecule has 232 valence electrons. The largest absolute Gasteiger partial charge is 0.458 e. The molecule has 3 unspecified atom stereocenters. The molecule has 0 amide bonds. The van der Waals surface area contributed by atoms with Gasteiger partial charge in [0.15, 0.2) is 15.6 Å². The van der Waals surface area contributed by atoms with E-state index in [9.17, 15) is 18.0 Å². The lowest BCUT2D eigenvalue weighted by molar-refractivity contribution is -0.148. The summed E-state index contributed by atoms with van der Waals surface area (Å²) in [6, 6.07) is 37.8. The van der Waals surface area contributed by atoms with Crippen LogP contribution < -0.4 is 15.9 Å². The van der Waals surface area contributed by atoms with Gasteiger partial charge in [0.2, 0.25) is 0 Å². The SMILES string of the molecule is CC(=O)C(C(=O)OC1CC2CCC1(CS(=O)(=O)c1ccccc1)C2(C)C)=P(c1ccccc1)(c1ccccc1)c1ccccc1. The predicted molar refractivity (Wildman–Crippen MR) is 183 cm³/mol. The second kappa shape index (κ2) is 11.9. The minimum absolute atomic E-state index is 0.114. The van der Waals surface area contributed by atoms with Gasteiger partial charge in [0.25, 0.3) is 0 Å². The summed E-state index contributed by atoms with van der Waals surface area (Å²) in [5.41, 5.74) is -1.15. The summed E-state index contributed by atoms with van der Waals surface area (Å²) in [6.45, 7) is 2.66. The number of rotatable bonds is 9. The zero-order valence-corrected chi connectivity index (χ0v) is 27.6. The maximum absolute atomic E-state index is 14.8. The van der Waals surface area contributed by atoms with Gasteiger partial charge in [0.1, 0.15) is 11.4 Å². The van der Waals surface area contributed by atoms with Crippen LogP contribution in [0.25, 0.3) is 0 Å². The van der Waals surface area contributed by atoms with Crippen LogP contribution in [0.5, 0.6) is 0 Å². The van der Waals surface area contributed by atoms with E-state index in [0.29, 0.717) is 12.8 Å². The van der Waals surface area contributed by atoms with E-state index in [4.69, 9.17) is 4.74 Å². The Labute approximate surface area is 266 Å². The van der Waals surface area contributed by atoms with Crippen LogP contribution in [-0.2, 0) is 24.2 Å². The van der Waals surface area contributed by atoms with Crippen LogP contribution >= 0.6 is 6.89 Å². The first-order valence-electron chi connectivity index (χ1n) is 15.5. The van der Waals surface area contributed by atoms with Crippen LogP contribution in [0.1, 0.15) is 40.0 Å². The summed E-state index contributed by atoms with van der Waals surface area (Å²) in [4.78, 5) is 28.9. The molecular formula is C38H39O5PS. The maximum atomic E-state index is 14.8. The summed E-state index contributed by atoms with van der Waals surface area (Å²) in [5, 5.41) is 2.74. The van der Waals surface area contributed by atoms with Crippen LogP contribution in [-0.4, -0.2) is 37.3 Å². The number of hydrogen-bond acceptors (Lipinski definition) is 5. The van der Waals surface area contributed by atoms with Gasteiger partial charge in [-0.2, -0.15) is 0 Å². The van der Waals surface area contributed by atoms with Crippen LogP contribution in [0.3, 0.4) is 0 Å². The second-order valence-electron chi connectivity index (χ2n) is 12.9. The van der Waals surface area contributed by atoms with Gasteiger partial charge in [-0.15, -0.1) is 0 Å². The molecule has 0 N–H and O–H groups in total. The minimum atomic E-state index is -3.68. The lowest BCUT2D eigenvalue weighted by atomic mass is 9.69. The van der Waals surface area contributed by atoms with Gasteiger partial charge in [-0.3, -0.25) is 4.79 Å². The lowest BCUT2D eigenvalue weighted by Crippen LogP contribution is -2.48.